The molecular formula is C16H28N4O3S. The highest BCUT2D eigenvalue weighted by Gasteiger charge is 2.28. The summed E-state index contributed by atoms with van der Waals surface area (Å²) in [5.74, 6) is 0.362. The fourth-order valence-electron chi connectivity index (χ4n) is 3.31. The van der Waals surface area contributed by atoms with Crippen molar-refractivity contribution < 1.29 is 13.2 Å². The van der Waals surface area contributed by atoms with Gasteiger partial charge in [0.2, 0.25) is 15.9 Å². The van der Waals surface area contributed by atoms with E-state index >= 15 is 0 Å². The Morgan fingerprint density at radius 3 is 2.50 bits per heavy atom. The third-order valence-electron chi connectivity index (χ3n) is 4.81. The van der Waals surface area contributed by atoms with Crippen LogP contribution in [0.5, 0.6) is 0 Å². The Morgan fingerprint density at radius 1 is 1.29 bits per heavy atom. The maximum Gasteiger partial charge on any atom is 0.246 e. The lowest BCUT2D eigenvalue weighted by molar-refractivity contribution is -0.123. The first-order valence-electron chi connectivity index (χ1n) is 8.40. The van der Waals surface area contributed by atoms with Crippen molar-refractivity contribution in [1.82, 2.24) is 19.4 Å². The maximum absolute atomic E-state index is 12.4. The third-order valence-corrected chi connectivity index (χ3v) is 6.87. The molecule has 2 atom stereocenters. The maximum atomic E-state index is 12.4. The highest BCUT2D eigenvalue weighted by atomic mass is 32.2. The van der Waals surface area contributed by atoms with Gasteiger partial charge in [0.15, 0.2) is 0 Å². The van der Waals surface area contributed by atoms with E-state index in [9.17, 15) is 13.2 Å². The Bertz CT molecular complexity index is 709. The smallest absolute Gasteiger partial charge is 0.246 e. The van der Waals surface area contributed by atoms with Crippen molar-refractivity contribution in [2.45, 2.75) is 63.9 Å². The quantitative estimate of drug-likeness (QED) is 0.865. The van der Waals surface area contributed by atoms with E-state index < -0.39 is 10.0 Å². The standard InChI is InChI=1S/C16H28N4O3S/c1-11-8-6-7-9-14(11)17-15(21)10-20-13(3)16(12(2)18-20)24(22,23)19(4)5/h11,14H,6-10H2,1-5H3,(H,17,21)/t11-,14-/m0/s1. The predicted octanol–water partition coefficient (Wildman–Crippen LogP) is 1.45. The Morgan fingerprint density at radius 2 is 1.92 bits per heavy atom. The molecule has 1 N–H and O–H groups in total. The number of sulfonamides is 1. The lowest BCUT2D eigenvalue weighted by Crippen LogP contribution is -2.42. The molecule has 0 bridgehead atoms. The Hall–Kier alpha value is -1.41. The van der Waals surface area contributed by atoms with E-state index in [0.29, 0.717) is 17.3 Å². The van der Waals surface area contributed by atoms with Gasteiger partial charge in [-0.25, -0.2) is 12.7 Å². The van der Waals surface area contributed by atoms with E-state index in [-0.39, 0.29) is 23.4 Å². The molecule has 2 rings (SSSR count). The van der Waals surface area contributed by atoms with Crippen LogP contribution in [0.3, 0.4) is 0 Å². The van der Waals surface area contributed by atoms with E-state index in [1.54, 1.807) is 13.8 Å². The predicted molar refractivity (Wildman–Crippen MR) is 92.1 cm³/mol. The second-order valence-electron chi connectivity index (χ2n) is 6.88. The summed E-state index contributed by atoms with van der Waals surface area (Å²) >= 11 is 0. The molecule has 8 heteroatoms. The van der Waals surface area contributed by atoms with E-state index in [0.717, 1.165) is 23.6 Å². The van der Waals surface area contributed by atoms with Gasteiger partial charge in [-0.2, -0.15) is 5.10 Å². The van der Waals surface area contributed by atoms with Gasteiger partial charge in [-0.3, -0.25) is 9.48 Å². The van der Waals surface area contributed by atoms with Crippen molar-refractivity contribution in [3.63, 3.8) is 0 Å². The van der Waals surface area contributed by atoms with Crippen LogP contribution in [0.1, 0.15) is 44.0 Å². The number of amides is 1. The minimum Gasteiger partial charge on any atom is -0.351 e. The van der Waals surface area contributed by atoms with Crippen LogP contribution in [-0.2, 0) is 21.4 Å². The van der Waals surface area contributed by atoms with Gasteiger partial charge < -0.3 is 5.32 Å². The van der Waals surface area contributed by atoms with Gasteiger partial charge in [0.25, 0.3) is 0 Å². The molecule has 0 unspecified atom stereocenters. The number of carbonyl (C=O) groups is 1. The monoisotopic (exact) mass is 356 g/mol. The Kier molecular flexibility index (Phi) is 5.70. The van der Waals surface area contributed by atoms with Crippen LogP contribution in [0.4, 0.5) is 0 Å². The number of nitrogens with zero attached hydrogens (tertiary/aromatic N) is 3. The molecule has 1 amide bonds. The second-order valence-corrected chi connectivity index (χ2v) is 8.97. The zero-order valence-electron chi connectivity index (χ0n) is 15.2. The molecule has 0 spiro atoms. The number of nitrogens with one attached hydrogen (secondary N) is 1. The van der Waals surface area contributed by atoms with Crippen LogP contribution in [0.15, 0.2) is 4.90 Å². The summed E-state index contributed by atoms with van der Waals surface area (Å²) in [5.41, 5.74) is 0.910. The van der Waals surface area contributed by atoms with Gasteiger partial charge in [0.1, 0.15) is 11.4 Å². The van der Waals surface area contributed by atoms with Crippen molar-refractivity contribution in [3.8, 4) is 0 Å². The fourth-order valence-corrected chi connectivity index (χ4v) is 4.57. The first-order valence-corrected chi connectivity index (χ1v) is 9.84. The van der Waals surface area contributed by atoms with Crippen LogP contribution in [0.25, 0.3) is 0 Å². The third kappa shape index (κ3) is 3.80. The van der Waals surface area contributed by atoms with Gasteiger partial charge in [0.05, 0.1) is 11.4 Å². The molecule has 7 nitrogen and oxygen atoms in total. The minimum absolute atomic E-state index is 0.0405. The molecule has 1 saturated carbocycles. The highest BCUT2D eigenvalue weighted by molar-refractivity contribution is 7.89. The van der Waals surface area contributed by atoms with E-state index in [2.05, 4.69) is 17.3 Å². The highest BCUT2D eigenvalue weighted by Crippen LogP contribution is 2.24. The molecule has 1 aliphatic carbocycles. The number of hydrogen-bond acceptors (Lipinski definition) is 4. The van der Waals surface area contributed by atoms with Gasteiger partial charge in [0, 0.05) is 20.1 Å². The number of rotatable bonds is 5. The van der Waals surface area contributed by atoms with E-state index in [1.165, 1.54) is 25.2 Å². The summed E-state index contributed by atoms with van der Waals surface area (Å²) in [6, 6.07) is 0.202. The molecule has 0 radical (unpaired) electrons. The van der Waals surface area contributed by atoms with Crippen LogP contribution in [0, 0.1) is 19.8 Å². The first-order chi connectivity index (χ1) is 11.1. The molecule has 0 aliphatic heterocycles. The van der Waals surface area contributed by atoms with Crippen molar-refractivity contribution >= 4 is 15.9 Å². The van der Waals surface area contributed by atoms with Crippen molar-refractivity contribution in [2.24, 2.45) is 5.92 Å². The van der Waals surface area contributed by atoms with Crippen molar-refractivity contribution in [1.29, 1.82) is 0 Å². The topological polar surface area (TPSA) is 84.3 Å². The van der Waals surface area contributed by atoms with E-state index in [4.69, 9.17) is 0 Å². The summed E-state index contributed by atoms with van der Waals surface area (Å²) < 4.78 is 27.5. The lowest BCUT2D eigenvalue weighted by atomic mass is 9.86. The number of aryl methyl sites for hydroxylation is 1. The van der Waals surface area contributed by atoms with Gasteiger partial charge in [-0.15, -0.1) is 0 Å². The van der Waals surface area contributed by atoms with Crippen molar-refractivity contribution in [2.75, 3.05) is 14.1 Å². The normalized spacial score (nSPS) is 21.9. The zero-order chi connectivity index (χ0) is 18.1. The number of aromatic nitrogens is 2. The molecule has 0 aromatic carbocycles. The second kappa shape index (κ2) is 7.23. The molecular weight excluding hydrogens is 328 g/mol. The molecule has 1 fully saturated rings. The largest absolute Gasteiger partial charge is 0.351 e. The van der Waals surface area contributed by atoms with Crippen LogP contribution >= 0.6 is 0 Å². The zero-order valence-corrected chi connectivity index (χ0v) is 16.0. The summed E-state index contributed by atoms with van der Waals surface area (Å²) in [6.45, 7) is 5.54. The average molecular weight is 356 g/mol. The fraction of sp³-hybridized carbons (Fsp3) is 0.750. The molecule has 136 valence electrons. The first kappa shape index (κ1) is 18.9. The summed E-state index contributed by atoms with van der Waals surface area (Å²) in [6.07, 6.45) is 4.50. The van der Waals surface area contributed by atoms with Crippen LogP contribution < -0.4 is 5.32 Å². The molecule has 1 aliphatic rings. The lowest BCUT2D eigenvalue weighted by Gasteiger charge is -2.29. The summed E-state index contributed by atoms with van der Waals surface area (Å²) in [7, 11) is -0.593. The molecule has 1 heterocycles. The van der Waals surface area contributed by atoms with Gasteiger partial charge >= 0.3 is 0 Å². The Balaban J connectivity index is 2.15. The molecule has 1 aromatic heterocycles. The minimum atomic E-state index is -3.57. The Labute approximate surface area is 144 Å². The number of hydrogen-bond donors (Lipinski definition) is 1. The molecule has 24 heavy (non-hydrogen) atoms. The average Bonchev–Trinajstić information content (AvgIpc) is 2.76. The van der Waals surface area contributed by atoms with Crippen molar-refractivity contribution in [3.05, 3.63) is 11.4 Å². The van der Waals surface area contributed by atoms with E-state index in [1.807, 2.05) is 0 Å². The SMILES string of the molecule is Cc1nn(CC(=O)N[C@H]2CCCC[C@@H]2C)c(C)c1S(=O)(=O)N(C)C. The number of carbonyl (C=O) groups excluding carboxylic acids is 1. The van der Waals surface area contributed by atoms with Gasteiger partial charge in [-0.1, -0.05) is 19.8 Å². The van der Waals surface area contributed by atoms with Crippen LogP contribution in [-0.4, -0.2) is 48.5 Å². The molecule has 0 saturated heterocycles. The summed E-state index contributed by atoms with van der Waals surface area (Å²) in [5, 5.41) is 7.34. The molecule has 1 aromatic rings. The van der Waals surface area contributed by atoms with Gasteiger partial charge in [-0.05, 0) is 32.6 Å². The summed E-state index contributed by atoms with van der Waals surface area (Å²) in [4.78, 5) is 12.5. The van der Waals surface area contributed by atoms with Crippen LogP contribution in [0.2, 0.25) is 0 Å².